The average molecular weight is 473 g/mol. The first-order valence-corrected chi connectivity index (χ1v) is 15.4. The lowest BCUT2D eigenvalue weighted by Gasteiger charge is -2.30. The van der Waals surface area contributed by atoms with Gasteiger partial charge in [-0.15, -0.1) is 0 Å². The highest BCUT2D eigenvalue weighted by Crippen LogP contribution is 2.40. The van der Waals surface area contributed by atoms with Gasteiger partial charge in [-0.25, -0.2) is 0 Å². The molecular weight excluding hydrogens is 420 g/mol. The number of hydrogen-bond acceptors (Lipinski definition) is 0. The zero-order valence-corrected chi connectivity index (χ0v) is 23.1. The van der Waals surface area contributed by atoms with Crippen molar-refractivity contribution in [3.8, 4) is 11.1 Å². The normalized spacial score (nSPS) is 25.9. The Balaban J connectivity index is 1.25. The molecule has 0 heterocycles. The van der Waals surface area contributed by atoms with Gasteiger partial charge in [0.05, 0.1) is 0 Å². The second kappa shape index (κ2) is 13.7. The predicted octanol–water partition coefficient (Wildman–Crippen LogP) is 11.3. The molecule has 0 aliphatic heterocycles. The molecule has 0 radical (unpaired) electrons. The van der Waals surface area contributed by atoms with E-state index in [0.29, 0.717) is 0 Å². The molecule has 2 aromatic rings. The van der Waals surface area contributed by atoms with Crippen LogP contribution in [0, 0.1) is 17.8 Å². The SMILES string of the molecule is CCCCCC[C@H]1CC[C@H](c2ccc(-c3ccc([C@H]4CC[C@H](CC(C)CC)CC4)cc3)cc2)CC1. The summed E-state index contributed by atoms with van der Waals surface area (Å²) in [6.45, 7) is 7.08. The summed E-state index contributed by atoms with van der Waals surface area (Å²) in [5.74, 6) is 4.43. The average Bonchev–Trinajstić information content (AvgIpc) is 2.92. The van der Waals surface area contributed by atoms with Crippen LogP contribution in [0.15, 0.2) is 48.5 Å². The van der Waals surface area contributed by atoms with Crippen molar-refractivity contribution in [3.63, 3.8) is 0 Å². The summed E-state index contributed by atoms with van der Waals surface area (Å²) in [4.78, 5) is 0. The predicted molar refractivity (Wildman–Crippen MR) is 154 cm³/mol. The van der Waals surface area contributed by atoms with Gasteiger partial charge in [0.2, 0.25) is 0 Å². The van der Waals surface area contributed by atoms with E-state index in [1.54, 1.807) is 11.1 Å². The molecule has 0 aromatic heterocycles. The molecule has 2 fully saturated rings. The molecule has 0 amide bonds. The molecule has 35 heavy (non-hydrogen) atoms. The van der Waals surface area contributed by atoms with Gasteiger partial charge in [0.1, 0.15) is 0 Å². The van der Waals surface area contributed by atoms with Crippen LogP contribution >= 0.6 is 0 Å². The minimum Gasteiger partial charge on any atom is -0.0654 e. The van der Waals surface area contributed by atoms with Crippen molar-refractivity contribution in [2.24, 2.45) is 17.8 Å². The second-order valence-electron chi connectivity index (χ2n) is 12.3. The Morgan fingerprint density at radius 1 is 0.600 bits per heavy atom. The van der Waals surface area contributed by atoms with Gasteiger partial charge in [-0.2, -0.15) is 0 Å². The summed E-state index contributed by atoms with van der Waals surface area (Å²) < 4.78 is 0. The van der Waals surface area contributed by atoms with Crippen molar-refractivity contribution in [1.82, 2.24) is 0 Å². The molecule has 4 rings (SSSR count). The molecule has 0 bridgehead atoms. The first-order chi connectivity index (χ1) is 17.2. The molecule has 0 saturated heterocycles. The van der Waals surface area contributed by atoms with E-state index in [-0.39, 0.29) is 0 Å². The first-order valence-electron chi connectivity index (χ1n) is 15.4. The molecule has 1 atom stereocenters. The first kappa shape index (κ1) is 26.5. The van der Waals surface area contributed by atoms with E-state index in [1.807, 2.05) is 0 Å². The summed E-state index contributed by atoms with van der Waals surface area (Å²) in [6.07, 6.45) is 21.2. The van der Waals surface area contributed by atoms with Gasteiger partial charge in [0.15, 0.2) is 0 Å². The third-order valence-corrected chi connectivity index (χ3v) is 9.69. The van der Waals surface area contributed by atoms with E-state index in [4.69, 9.17) is 0 Å². The highest BCUT2D eigenvalue weighted by atomic mass is 14.3. The van der Waals surface area contributed by atoms with Gasteiger partial charge in [0.25, 0.3) is 0 Å². The number of benzene rings is 2. The van der Waals surface area contributed by atoms with Crippen LogP contribution in [-0.4, -0.2) is 0 Å². The largest absolute Gasteiger partial charge is 0.0654 e. The Bertz CT molecular complexity index is 829. The van der Waals surface area contributed by atoms with Crippen molar-refractivity contribution < 1.29 is 0 Å². The second-order valence-corrected chi connectivity index (χ2v) is 12.3. The lowest BCUT2D eigenvalue weighted by molar-refractivity contribution is 0.273. The number of unbranched alkanes of at least 4 members (excludes halogenated alkanes) is 3. The van der Waals surface area contributed by atoms with Crippen molar-refractivity contribution in [1.29, 1.82) is 0 Å². The molecule has 0 N–H and O–H groups in total. The zero-order chi connectivity index (χ0) is 24.5. The summed E-state index contributed by atoms with van der Waals surface area (Å²) >= 11 is 0. The Kier molecular flexibility index (Phi) is 10.3. The van der Waals surface area contributed by atoms with E-state index < -0.39 is 0 Å². The molecule has 0 nitrogen and oxygen atoms in total. The molecule has 2 aliphatic rings. The van der Waals surface area contributed by atoms with Crippen molar-refractivity contribution in [2.75, 3.05) is 0 Å². The van der Waals surface area contributed by atoms with E-state index >= 15 is 0 Å². The molecule has 2 aromatic carbocycles. The van der Waals surface area contributed by atoms with Crippen molar-refractivity contribution >= 4 is 0 Å². The van der Waals surface area contributed by atoms with Crippen LogP contribution in [-0.2, 0) is 0 Å². The lowest BCUT2D eigenvalue weighted by atomic mass is 9.75. The van der Waals surface area contributed by atoms with Crippen LogP contribution in [0.25, 0.3) is 11.1 Å². The molecule has 192 valence electrons. The number of rotatable bonds is 11. The maximum Gasteiger partial charge on any atom is -0.0162 e. The third kappa shape index (κ3) is 7.71. The minimum absolute atomic E-state index is 0.779. The fourth-order valence-corrected chi connectivity index (χ4v) is 7.01. The molecule has 2 aliphatic carbocycles. The van der Waals surface area contributed by atoms with Gasteiger partial charge < -0.3 is 0 Å². The standard InChI is InChI=1S/C35H52/c1-4-6-7-8-9-28-10-14-30(15-11-28)32-18-22-34(23-19-32)35-24-20-33(21-25-35)31-16-12-29(13-17-31)26-27(3)5-2/h18-25,27-31H,4-17,26H2,1-3H3/t27?,28-,29-,30-,31-. The molecule has 0 heteroatoms. The fraction of sp³-hybridized carbons (Fsp3) is 0.657. The monoisotopic (exact) mass is 472 g/mol. The zero-order valence-electron chi connectivity index (χ0n) is 23.1. The van der Waals surface area contributed by atoms with Crippen molar-refractivity contribution in [2.45, 2.75) is 129 Å². The highest BCUT2D eigenvalue weighted by Gasteiger charge is 2.24. The van der Waals surface area contributed by atoms with Crippen LogP contribution in [0.2, 0.25) is 0 Å². The summed E-state index contributed by atoms with van der Waals surface area (Å²) in [5.41, 5.74) is 5.89. The summed E-state index contributed by atoms with van der Waals surface area (Å²) in [7, 11) is 0. The summed E-state index contributed by atoms with van der Waals surface area (Å²) in [6, 6.07) is 19.2. The Hall–Kier alpha value is -1.56. The molecule has 0 spiro atoms. The van der Waals surface area contributed by atoms with Crippen LogP contribution in [0.1, 0.15) is 140 Å². The van der Waals surface area contributed by atoms with E-state index in [2.05, 4.69) is 69.3 Å². The van der Waals surface area contributed by atoms with Gasteiger partial charge >= 0.3 is 0 Å². The fourth-order valence-electron chi connectivity index (χ4n) is 7.01. The minimum atomic E-state index is 0.779. The quantitative estimate of drug-likeness (QED) is 0.285. The molecular formula is C35H52. The molecule has 1 unspecified atom stereocenters. The molecule has 2 saturated carbocycles. The van der Waals surface area contributed by atoms with Crippen LogP contribution in [0.5, 0.6) is 0 Å². The maximum atomic E-state index is 2.43. The van der Waals surface area contributed by atoms with Crippen LogP contribution < -0.4 is 0 Å². The van der Waals surface area contributed by atoms with Gasteiger partial charge in [0, 0.05) is 0 Å². The smallest absolute Gasteiger partial charge is 0.0162 e. The Morgan fingerprint density at radius 2 is 1.09 bits per heavy atom. The third-order valence-electron chi connectivity index (χ3n) is 9.69. The highest BCUT2D eigenvalue weighted by molar-refractivity contribution is 5.64. The maximum absolute atomic E-state index is 2.43. The van der Waals surface area contributed by atoms with E-state index in [1.165, 1.54) is 107 Å². The summed E-state index contributed by atoms with van der Waals surface area (Å²) in [5, 5.41) is 0. The van der Waals surface area contributed by atoms with E-state index in [0.717, 1.165) is 29.6 Å². The van der Waals surface area contributed by atoms with Crippen LogP contribution in [0.3, 0.4) is 0 Å². The lowest BCUT2D eigenvalue weighted by Crippen LogP contribution is -2.15. The van der Waals surface area contributed by atoms with Crippen molar-refractivity contribution in [3.05, 3.63) is 59.7 Å². The Labute approximate surface area is 217 Å². The Morgan fingerprint density at radius 3 is 1.54 bits per heavy atom. The van der Waals surface area contributed by atoms with Crippen LogP contribution in [0.4, 0.5) is 0 Å². The van der Waals surface area contributed by atoms with Gasteiger partial charge in [-0.3, -0.25) is 0 Å². The van der Waals surface area contributed by atoms with Gasteiger partial charge in [-0.1, -0.05) is 108 Å². The van der Waals surface area contributed by atoms with E-state index in [9.17, 15) is 0 Å². The van der Waals surface area contributed by atoms with Gasteiger partial charge in [-0.05, 0) is 110 Å². The number of hydrogen-bond donors (Lipinski definition) is 0. The topological polar surface area (TPSA) is 0 Å².